The minimum atomic E-state index is -1.29. The zero-order valence-corrected chi connectivity index (χ0v) is 11.2. The normalized spacial score (nSPS) is 21.9. The molecule has 104 valence electrons. The number of carbonyl (C=O) groups is 2. The van der Waals surface area contributed by atoms with Crippen LogP contribution in [0.3, 0.4) is 0 Å². The number of benzene rings is 1. The molecule has 0 radical (unpaired) electrons. The van der Waals surface area contributed by atoms with E-state index in [1.54, 1.807) is 24.3 Å². The summed E-state index contributed by atoms with van der Waals surface area (Å²) >= 11 is 5.89. The van der Waals surface area contributed by atoms with Crippen LogP contribution < -0.4 is 0 Å². The fraction of sp³-hybridized carbons (Fsp3) is 0.231. The second-order valence-corrected chi connectivity index (χ2v) is 4.82. The molecule has 0 amide bonds. The molecule has 20 heavy (non-hydrogen) atoms. The molecule has 1 aliphatic rings. The average Bonchev–Trinajstić information content (AvgIpc) is 2.37. The molecule has 1 aromatic rings. The maximum Gasteiger partial charge on any atom is 0.352 e. The van der Waals surface area contributed by atoms with Crippen LogP contribution in [-0.4, -0.2) is 33.6 Å². The van der Waals surface area contributed by atoms with E-state index in [2.05, 4.69) is 10.2 Å². The van der Waals surface area contributed by atoms with Crippen molar-refractivity contribution in [2.75, 3.05) is 0 Å². The number of halogens is 1. The summed E-state index contributed by atoms with van der Waals surface area (Å²) in [4.78, 5) is 22.7. The average molecular weight is 295 g/mol. The van der Waals surface area contributed by atoms with Gasteiger partial charge < -0.3 is 10.2 Å². The van der Waals surface area contributed by atoms with E-state index >= 15 is 0 Å². The highest BCUT2D eigenvalue weighted by molar-refractivity contribution is 6.39. The van der Waals surface area contributed by atoms with Crippen molar-refractivity contribution < 1.29 is 19.8 Å². The monoisotopic (exact) mass is 294 g/mol. The van der Waals surface area contributed by atoms with Gasteiger partial charge in [0.05, 0.1) is 11.6 Å². The maximum absolute atomic E-state index is 11.4. The first-order chi connectivity index (χ1) is 9.41. The number of hydrogen-bond donors (Lipinski definition) is 2. The molecule has 1 aromatic carbocycles. The molecule has 2 unspecified atom stereocenters. The predicted molar refractivity (Wildman–Crippen MR) is 73.5 cm³/mol. The van der Waals surface area contributed by atoms with Gasteiger partial charge in [-0.1, -0.05) is 23.7 Å². The topological polar surface area (TPSA) is 99.3 Å². The summed E-state index contributed by atoms with van der Waals surface area (Å²) in [7, 11) is 0. The SMILES string of the molecule is CC1=NN=C(C(=O)O)C(c2cccc(Cl)c2)C1C(=O)O. The maximum atomic E-state index is 11.4. The van der Waals surface area contributed by atoms with Gasteiger partial charge in [0, 0.05) is 5.02 Å². The van der Waals surface area contributed by atoms with Crippen molar-refractivity contribution in [3.63, 3.8) is 0 Å². The summed E-state index contributed by atoms with van der Waals surface area (Å²) in [5, 5.41) is 26.2. The molecule has 1 aliphatic heterocycles. The molecule has 2 atom stereocenters. The number of hydrogen-bond acceptors (Lipinski definition) is 4. The van der Waals surface area contributed by atoms with E-state index in [0.717, 1.165) is 0 Å². The second-order valence-electron chi connectivity index (χ2n) is 4.38. The molecule has 2 rings (SSSR count). The fourth-order valence-electron chi connectivity index (χ4n) is 2.20. The van der Waals surface area contributed by atoms with E-state index in [-0.39, 0.29) is 11.4 Å². The molecular weight excluding hydrogens is 284 g/mol. The Bertz CT molecular complexity index is 639. The number of carboxylic acid groups (broad SMARTS) is 2. The van der Waals surface area contributed by atoms with Crippen molar-refractivity contribution in [3.8, 4) is 0 Å². The molecule has 7 heteroatoms. The third-order valence-corrected chi connectivity index (χ3v) is 3.32. The van der Waals surface area contributed by atoms with Crippen molar-refractivity contribution in [3.05, 3.63) is 34.9 Å². The molecular formula is C13H11ClN2O4. The minimum Gasteiger partial charge on any atom is -0.481 e. The largest absolute Gasteiger partial charge is 0.481 e. The van der Waals surface area contributed by atoms with E-state index in [1.807, 2.05) is 0 Å². The highest BCUT2D eigenvalue weighted by atomic mass is 35.5. The lowest BCUT2D eigenvalue weighted by Gasteiger charge is -2.26. The van der Waals surface area contributed by atoms with E-state index < -0.39 is 23.8 Å². The predicted octanol–water partition coefficient (Wildman–Crippen LogP) is 2.04. The zero-order valence-electron chi connectivity index (χ0n) is 10.4. The smallest absolute Gasteiger partial charge is 0.352 e. The molecule has 0 aromatic heterocycles. The molecule has 1 heterocycles. The van der Waals surface area contributed by atoms with Crippen LogP contribution in [0.25, 0.3) is 0 Å². The third-order valence-electron chi connectivity index (χ3n) is 3.09. The van der Waals surface area contributed by atoms with Crippen LogP contribution >= 0.6 is 11.6 Å². The Morgan fingerprint density at radius 2 is 1.95 bits per heavy atom. The third kappa shape index (κ3) is 2.55. The molecule has 0 saturated heterocycles. The van der Waals surface area contributed by atoms with E-state index in [1.165, 1.54) is 6.92 Å². The molecule has 6 nitrogen and oxygen atoms in total. The Kier molecular flexibility index (Phi) is 3.85. The van der Waals surface area contributed by atoms with Crippen LogP contribution in [0.1, 0.15) is 18.4 Å². The molecule has 2 N–H and O–H groups in total. The van der Waals surface area contributed by atoms with Gasteiger partial charge in [-0.25, -0.2) is 4.79 Å². The van der Waals surface area contributed by atoms with Gasteiger partial charge in [-0.05, 0) is 24.6 Å². The zero-order chi connectivity index (χ0) is 14.9. The van der Waals surface area contributed by atoms with Crippen molar-refractivity contribution in [2.24, 2.45) is 16.1 Å². The van der Waals surface area contributed by atoms with Gasteiger partial charge in [0.2, 0.25) is 0 Å². The minimum absolute atomic E-state index is 0.257. The van der Waals surface area contributed by atoms with Crippen molar-refractivity contribution in [2.45, 2.75) is 12.8 Å². The van der Waals surface area contributed by atoms with E-state index in [9.17, 15) is 19.8 Å². The van der Waals surface area contributed by atoms with Crippen LogP contribution in [-0.2, 0) is 9.59 Å². The molecule has 0 fully saturated rings. The Morgan fingerprint density at radius 1 is 1.25 bits per heavy atom. The second kappa shape index (κ2) is 5.42. The molecule has 0 aliphatic carbocycles. The lowest BCUT2D eigenvalue weighted by molar-refractivity contribution is -0.139. The standard InChI is InChI=1S/C13H11ClN2O4/c1-6-9(12(17)18)10(11(13(19)20)16-15-6)7-3-2-4-8(14)5-7/h2-5,9-10H,1H3,(H,17,18)(H,19,20). The lowest BCUT2D eigenvalue weighted by atomic mass is 9.79. The lowest BCUT2D eigenvalue weighted by Crippen LogP contribution is -2.38. The van der Waals surface area contributed by atoms with E-state index in [0.29, 0.717) is 10.6 Å². The Hall–Kier alpha value is -2.21. The van der Waals surface area contributed by atoms with Gasteiger partial charge >= 0.3 is 11.9 Å². The highest BCUT2D eigenvalue weighted by Crippen LogP contribution is 2.32. The summed E-state index contributed by atoms with van der Waals surface area (Å²) in [6.45, 7) is 1.51. The first kappa shape index (κ1) is 14.2. The van der Waals surface area contributed by atoms with Gasteiger partial charge in [-0.2, -0.15) is 5.10 Å². The fourth-order valence-corrected chi connectivity index (χ4v) is 2.40. The van der Waals surface area contributed by atoms with Gasteiger partial charge in [0.1, 0.15) is 5.92 Å². The van der Waals surface area contributed by atoms with Crippen molar-refractivity contribution >= 4 is 35.0 Å². The van der Waals surface area contributed by atoms with Gasteiger partial charge in [-0.3, -0.25) is 4.79 Å². The van der Waals surface area contributed by atoms with Crippen LogP contribution in [0, 0.1) is 5.92 Å². The highest BCUT2D eigenvalue weighted by Gasteiger charge is 2.41. The van der Waals surface area contributed by atoms with Crippen LogP contribution in [0.5, 0.6) is 0 Å². The van der Waals surface area contributed by atoms with Gasteiger partial charge in [-0.15, -0.1) is 5.10 Å². The van der Waals surface area contributed by atoms with Crippen LogP contribution in [0.2, 0.25) is 5.02 Å². The van der Waals surface area contributed by atoms with Gasteiger partial charge in [0.15, 0.2) is 5.71 Å². The van der Waals surface area contributed by atoms with Gasteiger partial charge in [0.25, 0.3) is 0 Å². The molecule has 0 spiro atoms. The Balaban J connectivity index is 2.59. The summed E-state index contributed by atoms with van der Waals surface area (Å²) in [5.41, 5.74) is 0.443. The molecule has 0 saturated carbocycles. The number of rotatable bonds is 3. The first-order valence-electron chi connectivity index (χ1n) is 5.75. The first-order valence-corrected chi connectivity index (χ1v) is 6.13. The van der Waals surface area contributed by atoms with Crippen LogP contribution in [0.15, 0.2) is 34.5 Å². The Labute approximate surface area is 119 Å². The van der Waals surface area contributed by atoms with E-state index in [4.69, 9.17) is 11.6 Å². The summed E-state index contributed by atoms with van der Waals surface area (Å²) in [6, 6.07) is 6.43. The molecule has 0 bridgehead atoms. The van der Waals surface area contributed by atoms with Crippen molar-refractivity contribution in [1.82, 2.24) is 0 Å². The number of aliphatic carboxylic acids is 2. The Morgan fingerprint density at radius 3 is 2.50 bits per heavy atom. The summed E-state index contributed by atoms with van der Waals surface area (Å²) in [5.74, 6) is -4.43. The number of carboxylic acids is 2. The quantitative estimate of drug-likeness (QED) is 0.891. The van der Waals surface area contributed by atoms with Crippen molar-refractivity contribution in [1.29, 1.82) is 0 Å². The van der Waals surface area contributed by atoms with Crippen LogP contribution in [0.4, 0.5) is 0 Å². The summed E-state index contributed by atoms with van der Waals surface area (Å²) < 4.78 is 0. The number of nitrogens with zero attached hydrogens (tertiary/aromatic N) is 2. The summed E-state index contributed by atoms with van der Waals surface area (Å²) in [6.07, 6.45) is 0.